The molecule has 1 aromatic heterocycles. The lowest BCUT2D eigenvalue weighted by molar-refractivity contribution is 0.514. The Bertz CT molecular complexity index is 342. The first-order chi connectivity index (χ1) is 8.29. The Morgan fingerprint density at radius 2 is 2.24 bits per heavy atom. The van der Waals surface area contributed by atoms with Gasteiger partial charge in [-0.15, -0.1) is 0 Å². The van der Waals surface area contributed by atoms with Crippen molar-refractivity contribution in [1.82, 2.24) is 15.1 Å². The topological polar surface area (TPSA) is 29.9 Å². The van der Waals surface area contributed by atoms with Crippen LogP contribution in [-0.2, 0) is 13.1 Å². The van der Waals surface area contributed by atoms with Crippen LogP contribution >= 0.6 is 11.8 Å². The second-order valence-electron chi connectivity index (χ2n) is 4.84. The van der Waals surface area contributed by atoms with Gasteiger partial charge in [0.05, 0.1) is 5.69 Å². The van der Waals surface area contributed by atoms with E-state index in [1.165, 1.54) is 31.4 Å². The van der Waals surface area contributed by atoms with E-state index < -0.39 is 0 Å². The van der Waals surface area contributed by atoms with Crippen molar-refractivity contribution in [2.75, 3.05) is 12.8 Å². The first kappa shape index (κ1) is 13.0. The highest BCUT2D eigenvalue weighted by molar-refractivity contribution is 8.00. The molecule has 0 spiro atoms. The second kappa shape index (κ2) is 5.91. The van der Waals surface area contributed by atoms with Gasteiger partial charge in [-0.2, -0.15) is 16.9 Å². The maximum Gasteiger partial charge on any atom is 0.0521 e. The number of rotatable bonds is 6. The van der Waals surface area contributed by atoms with Gasteiger partial charge >= 0.3 is 0 Å². The molecule has 0 amide bonds. The third kappa shape index (κ3) is 3.05. The van der Waals surface area contributed by atoms with Crippen molar-refractivity contribution in [3.05, 3.63) is 18.0 Å². The molecule has 0 aromatic carbocycles. The summed E-state index contributed by atoms with van der Waals surface area (Å²) in [5.74, 6) is 0. The predicted molar refractivity (Wildman–Crippen MR) is 74.3 cm³/mol. The zero-order valence-corrected chi connectivity index (χ0v) is 11.7. The third-order valence-corrected chi connectivity index (χ3v) is 5.22. The van der Waals surface area contributed by atoms with Crippen molar-refractivity contribution in [1.29, 1.82) is 0 Å². The van der Waals surface area contributed by atoms with Crippen molar-refractivity contribution in [3.8, 4) is 0 Å². The highest BCUT2D eigenvalue weighted by Gasteiger charge is 2.32. The Kier molecular flexibility index (Phi) is 4.51. The minimum absolute atomic E-state index is 0.497. The van der Waals surface area contributed by atoms with E-state index >= 15 is 0 Å². The molecular weight excluding hydrogens is 230 g/mol. The van der Waals surface area contributed by atoms with Crippen molar-refractivity contribution < 1.29 is 0 Å². The summed E-state index contributed by atoms with van der Waals surface area (Å²) in [6.07, 6.45) is 9.68. The molecule has 1 aliphatic rings. The van der Waals surface area contributed by atoms with Gasteiger partial charge in [-0.25, -0.2) is 0 Å². The zero-order valence-electron chi connectivity index (χ0n) is 10.9. The molecule has 1 saturated carbocycles. The summed E-state index contributed by atoms with van der Waals surface area (Å²) in [6.45, 7) is 5.16. The van der Waals surface area contributed by atoms with Crippen LogP contribution in [0.4, 0.5) is 0 Å². The predicted octanol–water partition coefficient (Wildman–Crippen LogP) is 2.67. The maximum absolute atomic E-state index is 4.29. The Labute approximate surface area is 108 Å². The zero-order chi connectivity index (χ0) is 12.1. The summed E-state index contributed by atoms with van der Waals surface area (Å²) in [5.41, 5.74) is 1.29. The molecule has 1 N–H and O–H groups in total. The third-order valence-electron chi connectivity index (χ3n) is 3.81. The van der Waals surface area contributed by atoms with Crippen LogP contribution in [0.3, 0.4) is 0 Å². The fourth-order valence-electron chi connectivity index (χ4n) is 2.69. The number of hydrogen-bond donors (Lipinski definition) is 1. The Balaban J connectivity index is 1.82. The van der Waals surface area contributed by atoms with E-state index in [1.807, 2.05) is 18.0 Å². The number of nitrogens with one attached hydrogen (secondary N) is 1. The summed E-state index contributed by atoms with van der Waals surface area (Å²) in [5, 5.41) is 7.91. The van der Waals surface area contributed by atoms with E-state index in [0.717, 1.165) is 19.6 Å². The first-order valence-electron chi connectivity index (χ1n) is 6.56. The smallest absolute Gasteiger partial charge is 0.0521 e. The lowest BCUT2D eigenvalue weighted by Gasteiger charge is -2.27. The average molecular weight is 253 g/mol. The molecular formula is C13H23N3S. The van der Waals surface area contributed by atoms with Gasteiger partial charge in [-0.1, -0.05) is 12.8 Å². The van der Waals surface area contributed by atoms with Crippen LogP contribution in [0.1, 0.15) is 38.3 Å². The molecule has 4 heteroatoms. The van der Waals surface area contributed by atoms with Crippen LogP contribution in [0.5, 0.6) is 0 Å². The average Bonchev–Trinajstić information content (AvgIpc) is 2.98. The van der Waals surface area contributed by atoms with E-state index in [2.05, 4.69) is 34.3 Å². The molecule has 2 rings (SSSR count). The molecule has 0 unspecified atom stereocenters. The summed E-state index contributed by atoms with van der Waals surface area (Å²) < 4.78 is 2.56. The van der Waals surface area contributed by atoms with Crippen molar-refractivity contribution in [2.24, 2.45) is 0 Å². The van der Waals surface area contributed by atoms with E-state index in [0.29, 0.717) is 4.75 Å². The van der Waals surface area contributed by atoms with E-state index in [4.69, 9.17) is 0 Å². The van der Waals surface area contributed by atoms with Crippen LogP contribution in [0.15, 0.2) is 12.3 Å². The van der Waals surface area contributed by atoms with E-state index in [-0.39, 0.29) is 0 Å². The summed E-state index contributed by atoms with van der Waals surface area (Å²) >= 11 is 2.04. The van der Waals surface area contributed by atoms with Crippen molar-refractivity contribution in [2.45, 2.75) is 50.4 Å². The highest BCUT2D eigenvalue weighted by atomic mass is 32.2. The lowest BCUT2D eigenvalue weighted by atomic mass is 10.1. The standard InChI is InChI=1S/C13H23N3S/c1-3-16-12(6-9-15-16)10-14-11-13(17-2)7-4-5-8-13/h6,9,14H,3-5,7-8,10-11H2,1-2H3. The van der Waals surface area contributed by atoms with Gasteiger partial charge < -0.3 is 5.32 Å². The van der Waals surface area contributed by atoms with Gasteiger partial charge in [0.1, 0.15) is 0 Å². The quantitative estimate of drug-likeness (QED) is 0.845. The summed E-state index contributed by atoms with van der Waals surface area (Å²) in [4.78, 5) is 0. The molecule has 0 saturated heterocycles. The minimum Gasteiger partial charge on any atom is -0.310 e. The Morgan fingerprint density at radius 1 is 1.47 bits per heavy atom. The van der Waals surface area contributed by atoms with Gasteiger partial charge in [-0.05, 0) is 32.1 Å². The molecule has 0 radical (unpaired) electrons. The van der Waals surface area contributed by atoms with Crippen molar-refractivity contribution >= 4 is 11.8 Å². The number of nitrogens with zero attached hydrogens (tertiary/aromatic N) is 2. The van der Waals surface area contributed by atoms with Crippen LogP contribution in [0.2, 0.25) is 0 Å². The fourth-order valence-corrected chi connectivity index (χ4v) is 3.63. The molecule has 0 atom stereocenters. The minimum atomic E-state index is 0.497. The van der Waals surface area contributed by atoms with Gasteiger partial charge in [0.15, 0.2) is 0 Å². The normalized spacial score (nSPS) is 18.7. The largest absolute Gasteiger partial charge is 0.310 e. The maximum atomic E-state index is 4.29. The Hall–Kier alpha value is -0.480. The monoisotopic (exact) mass is 253 g/mol. The van der Waals surface area contributed by atoms with Crippen LogP contribution in [-0.4, -0.2) is 27.3 Å². The van der Waals surface area contributed by atoms with E-state index in [1.54, 1.807) is 0 Å². The number of hydrogen-bond acceptors (Lipinski definition) is 3. The molecule has 1 fully saturated rings. The molecule has 0 aliphatic heterocycles. The molecule has 96 valence electrons. The number of thioether (sulfide) groups is 1. The van der Waals surface area contributed by atoms with Crippen LogP contribution < -0.4 is 5.32 Å². The summed E-state index contributed by atoms with van der Waals surface area (Å²) in [7, 11) is 0. The molecule has 1 aliphatic carbocycles. The molecule has 3 nitrogen and oxygen atoms in total. The summed E-state index contributed by atoms with van der Waals surface area (Å²) in [6, 6.07) is 2.11. The van der Waals surface area contributed by atoms with Crippen LogP contribution in [0.25, 0.3) is 0 Å². The van der Waals surface area contributed by atoms with Gasteiger partial charge in [0, 0.05) is 30.6 Å². The van der Waals surface area contributed by atoms with E-state index in [9.17, 15) is 0 Å². The van der Waals surface area contributed by atoms with Gasteiger partial charge in [0.2, 0.25) is 0 Å². The Morgan fingerprint density at radius 3 is 2.88 bits per heavy atom. The van der Waals surface area contributed by atoms with Gasteiger partial charge in [-0.3, -0.25) is 4.68 Å². The van der Waals surface area contributed by atoms with Crippen LogP contribution in [0, 0.1) is 0 Å². The fraction of sp³-hybridized carbons (Fsp3) is 0.769. The molecule has 17 heavy (non-hydrogen) atoms. The second-order valence-corrected chi connectivity index (χ2v) is 6.11. The SMILES string of the molecule is CCn1nccc1CNCC1(SC)CCCC1. The first-order valence-corrected chi connectivity index (χ1v) is 7.79. The van der Waals surface area contributed by atoms with Crippen molar-refractivity contribution in [3.63, 3.8) is 0 Å². The lowest BCUT2D eigenvalue weighted by Crippen LogP contribution is -2.35. The van der Waals surface area contributed by atoms with Gasteiger partial charge in [0.25, 0.3) is 0 Å². The molecule has 1 heterocycles. The number of aromatic nitrogens is 2. The highest BCUT2D eigenvalue weighted by Crippen LogP contribution is 2.39. The molecule has 1 aromatic rings. The molecule has 0 bridgehead atoms. The number of aryl methyl sites for hydroxylation is 1.